The number of aliphatic imine (C=N–C) groups is 1. The van der Waals surface area contributed by atoms with Gasteiger partial charge in [0.05, 0.1) is 5.60 Å². The van der Waals surface area contributed by atoms with Crippen molar-refractivity contribution in [3.05, 3.63) is 29.3 Å². The Balaban J connectivity index is 0.00000208. The lowest BCUT2D eigenvalue weighted by Gasteiger charge is -2.31. The number of fused-ring (bicyclic) bond motifs is 1. The molecule has 3 rings (SSSR count). The molecule has 1 aliphatic carbocycles. The Morgan fingerprint density at radius 2 is 2.00 bits per heavy atom. The Hall–Kier alpha value is -0.860. The number of aliphatic hydroxyl groups is 1. The summed E-state index contributed by atoms with van der Waals surface area (Å²) in [6.45, 7) is 1.79. The Morgan fingerprint density at radius 3 is 2.79 bits per heavy atom. The topological polar surface area (TPSA) is 79.9 Å². The van der Waals surface area contributed by atoms with Gasteiger partial charge in [0.2, 0.25) is 0 Å². The van der Waals surface area contributed by atoms with Gasteiger partial charge in [-0.1, -0.05) is 12.1 Å². The second-order valence-electron chi connectivity index (χ2n) is 6.63. The molecule has 1 heterocycles. The summed E-state index contributed by atoms with van der Waals surface area (Å²) in [4.78, 5) is 4.39. The second kappa shape index (κ2) is 9.01. The van der Waals surface area contributed by atoms with Crippen LogP contribution >= 0.6 is 24.0 Å². The van der Waals surface area contributed by atoms with Gasteiger partial charge in [0, 0.05) is 25.4 Å². The van der Waals surface area contributed by atoms with E-state index < -0.39 is 5.60 Å². The highest BCUT2D eigenvalue weighted by atomic mass is 127. The first-order chi connectivity index (χ1) is 11.2. The summed E-state index contributed by atoms with van der Waals surface area (Å²) in [5, 5.41) is 13.7. The lowest BCUT2D eigenvalue weighted by molar-refractivity contribution is -0.0662. The van der Waals surface area contributed by atoms with E-state index in [4.69, 9.17) is 10.5 Å². The molecule has 1 aromatic rings. The van der Waals surface area contributed by atoms with Crippen LogP contribution < -0.4 is 11.1 Å². The fraction of sp³-hybridized carbons (Fsp3) is 0.611. The van der Waals surface area contributed by atoms with E-state index in [0.717, 1.165) is 18.5 Å². The Kier molecular flexibility index (Phi) is 7.31. The van der Waals surface area contributed by atoms with Crippen LogP contribution in [0.4, 0.5) is 5.69 Å². The number of nitrogens with one attached hydrogen (secondary N) is 1. The number of anilines is 1. The molecule has 5 nitrogen and oxygen atoms in total. The van der Waals surface area contributed by atoms with Gasteiger partial charge in [0.25, 0.3) is 0 Å². The Bertz CT molecular complexity index is 571. The fourth-order valence-electron chi connectivity index (χ4n) is 3.46. The van der Waals surface area contributed by atoms with Crippen LogP contribution in [0.5, 0.6) is 0 Å². The van der Waals surface area contributed by atoms with E-state index in [-0.39, 0.29) is 24.0 Å². The molecule has 1 aliphatic heterocycles. The fourth-order valence-corrected chi connectivity index (χ4v) is 3.46. The molecule has 1 fully saturated rings. The molecule has 0 radical (unpaired) electrons. The van der Waals surface area contributed by atoms with Crippen LogP contribution in [0.2, 0.25) is 0 Å². The lowest BCUT2D eigenvalue weighted by atomic mass is 9.90. The Labute approximate surface area is 161 Å². The zero-order valence-corrected chi connectivity index (χ0v) is 16.4. The van der Waals surface area contributed by atoms with E-state index in [2.05, 4.69) is 28.5 Å². The van der Waals surface area contributed by atoms with Gasteiger partial charge in [-0.2, -0.15) is 0 Å². The molecule has 0 bridgehead atoms. The van der Waals surface area contributed by atoms with Gasteiger partial charge < -0.3 is 20.9 Å². The highest BCUT2D eigenvalue weighted by Crippen LogP contribution is 2.28. The minimum absolute atomic E-state index is 0. The summed E-state index contributed by atoms with van der Waals surface area (Å²) in [6.07, 6.45) is 6.75. The van der Waals surface area contributed by atoms with Crippen molar-refractivity contribution >= 4 is 35.6 Å². The summed E-state index contributed by atoms with van der Waals surface area (Å²) in [6, 6.07) is 6.34. The van der Waals surface area contributed by atoms with Crippen molar-refractivity contribution in [1.82, 2.24) is 0 Å². The van der Waals surface area contributed by atoms with Crippen molar-refractivity contribution in [2.45, 2.75) is 50.5 Å². The molecule has 4 N–H and O–H groups in total. The molecule has 1 saturated heterocycles. The molecule has 0 saturated carbocycles. The number of rotatable bonds is 4. The zero-order chi connectivity index (χ0) is 16.1. The first-order valence-electron chi connectivity index (χ1n) is 8.64. The van der Waals surface area contributed by atoms with Gasteiger partial charge in [-0.15, -0.1) is 24.0 Å². The third-order valence-electron chi connectivity index (χ3n) is 4.94. The molecule has 1 aromatic carbocycles. The van der Waals surface area contributed by atoms with Gasteiger partial charge in [0.15, 0.2) is 5.96 Å². The minimum Gasteiger partial charge on any atom is -0.390 e. The number of halogens is 1. The predicted octanol–water partition coefficient (Wildman–Crippen LogP) is 2.84. The predicted molar refractivity (Wildman–Crippen MR) is 108 cm³/mol. The Morgan fingerprint density at radius 1 is 1.25 bits per heavy atom. The third kappa shape index (κ3) is 5.07. The van der Waals surface area contributed by atoms with Gasteiger partial charge in [0.1, 0.15) is 0 Å². The van der Waals surface area contributed by atoms with E-state index in [1.807, 2.05) is 0 Å². The van der Waals surface area contributed by atoms with E-state index >= 15 is 0 Å². The molecule has 0 aromatic heterocycles. The van der Waals surface area contributed by atoms with Crippen molar-refractivity contribution in [2.75, 3.05) is 25.1 Å². The molecule has 134 valence electrons. The quantitative estimate of drug-likeness (QED) is 0.378. The van der Waals surface area contributed by atoms with Gasteiger partial charge >= 0.3 is 0 Å². The number of hydrogen-bond donors (Lipinski definition) is 3. The zero-order valence-electron chi connectivity index (χ0n) is 14.1. The largest absolute Gasteiger partial charge is 0.390 e. The maximum atomic E-state index is 10.4. The SMILES string of the molecule is I.NC(=NCCC1(O)CCOCC1)Nc1cccc2c1CCCC2. The molecule has 0 amide bonds. The third-order valence-corrected chi connectivity index (χ3v) is 4.94. The summed E-state index contributed by atoms with van der Waals surface area (Å²) in [5.41, 5.74) is 9.26. The maximum absolute atomic E-state index is 10.4. The molecule has 6 heteroatoms. The number of hydrogen-bond acceptors (Lipinski definition) is 3. The number of nitrogens with zero attached hydrogens (tertiary/aromatic N) is 1. The van der Waals surface area contributed by atoms with Crippen LogP contribution in [0.15, 0.2) is 23.2 Å². The van der Waals surface area contributed by atoms with Gasteiger partial charge in [-0.05, 0) is 62.1 Å². The molecular weight excluding hydrogens is 417 g/mol. The number of ether oxygens (including phenoxy) is 1. The summed E-state index contributed by atoms with van der Waals surface area (Å²) in [7, 11) is 0. The number of guanidine groups is 1. The average molecular weight is 445 g/mol. The summed E-state index contributed by atoms with van der Waals surface area (Å²) >= 11 is 0. The van der Waals surface area contributed by atoms with Crippen molar-refractivity contribution in [2.24, 2.45) is 10.7 Å². The van der Waals surface area contributed by atoms with Crippen LogP contribution in [0, 0.1) is 0 Å². The lowest BCUT2D eigenvalue weighted by Crippen LogP contribution is -2.37. The molecular formula is C18H28IN3O2. The van der Waals surface area contributed by atoms with Crippen molar-refractivity contribution in [1.29, 1.82) is 0 Å². The van der Waals surface area contributed by atoms with Crippen LogP contribution in [0.3, 0.4) is 0 Å². The van der Waals surface area contributed by atoms with Crippen LogP contribution in [-0.2, 0) is 17.6 Å². The van der Waals surface area contributed by atoms with Gasteiger partial charge in [-0.3, -0.25) is 4.99 Å². The molecule has 0 spiro atoms. The number of nitrogens with two attached hydrogens (primary N) is 1. The summed E-state index contributed by atoms with van der Waals surface area (Å²) in [5.74, 6) is 0.430. The number of benzene rings is 1. The molecule has 0 atom stereocenters. The van der Waals surface area contributed by atoms with Crippen LogP contribution in [-0.4, -0.2) is 36.4 Å². The first-order valence-corrected chi connectivity index (χ1v) is 8.64. The van der Waals surface area contributed by atoms with Gasteiger partial charge in [-0.25, -0.2) is 0 Å². The van der Waals surface area contributed by atoms with E-state index in [1.165, 1.54) is 24.0 Å². The van der Waals surface area contributed by atoms with Crippen LogP contribution in [0.1, 0.15) is 43.2 Å². The smallest absolute Gasteiger partial charge is 0.193 e. The normalized spacial score (nSPS) is 20.0. The van der Waals surface area contributed by atoms with Crippen molar-refractivity contribution in [3.8, 4) is 0 Å². The highest BCUT2D eigenvalue weighted by molar-refractivity contribution is 14.0. The van der Waals surface area contributed by atoms with E-state index in [1.54, 1.807) is 0 Å². The van der Waals surface area contributed by atoms with E-state index in [0.29, 0.717) is 45.0 Å². The molecule has 24 heavy (non-hydrogen) atoms. The second-order valence-corrected chi connectivity index (χ2v) is 6.63. The number of aryl methyl sites for hydroxylation is 1. The molecule has 2 aliphatic rings. The highest BCUT2D eigenvalue weighted by Gasteiger charge is 2.29. The van der Waals surface area contributed by atoms with Crippen molar-refractivity contribution in [3.63, 3.8) is 0 Å². The standard InChI is InChI=1S/C18H27N3O2.HI/c19-17(20-11-8-18(22)9-12-23-13-10-18)21-16-7-3-5-14-4-1-2-6-15(14)16;/h3,5,7,22H,1-2,4,6,8-13H2,(H3,19,20,21);1H. The van der Waals surface area contributed by atoms with E-state index in [9.17, 15) is 5.11 Å². The minimum atomic E-state index is -0.645. The monoisotopic (exact) mass is 445 g/mol. The first kappa shape index (κ1) is 19.5. The molecule has 0 unspecified atom stereocenters. The van der Waals surface area contributed by atoms with Crippen LogP contribution in [0.25, 0.3) is 0 Å². The maximum Gasteiger partial charge on any atom is 0.193 e. The average Bonchev–Trinajstić information content (AvgIpc) is 2.56. The summed E-state index contributed by atoms with van der Waals surface area (Å²) < 4.78 is 5.29. The van der Waals surface area contributed by atoms with Crippen molar-refractivity contribution < 1.29 is 9.84 Å².